The van der Waals surface area contributed by atoms with Crippen molar-refractivity contribution in [3.05, 3.63) is 52.9 Å². The first-order chi connectivity index (χ1) is 14.6. The number of rotatable bonds is 6. The molecule has 3 aromatic rings. The van der Waals surface area contributed by atoms with Gasteiger partial charge in [0.1, 0.15) is 0 Å². The van der Waals surface area contributed by atoms with Crippen molar-refractivity contribution < 1.29 is 14.0 Å². The van der Waals surface area contributed by atoms with Gasteiger partial charge >= 0.3 is 0 Å². The van der Waals surface area contributed by atoms with Crippen LogP contribution in [0.25, 0.3) is 0 Å². The van der Waals surface area contributed by atoms with Gasteiger partial charge in [-0.2, -0.15) is 0 Å². The molecule has 1 aromatic carbocycles. The third kappa shape index (κ3) is 5.21. The first-order valence-corrected chi connectivity index (χ1v) is 11.8. The number of anilines is 2. The number of furan rings is 1. The van der Waals surface area contributed by atoms with Crippen LogP contribution in [0.3, 0.4) is 0 Å². The number of thioether (sulfide) groups is 1. The lowest BCUT2D eigenvalue weighted by molar-refractivity contribution is -0.113. The molecule has 11 heteroatoms. The predicted molar refractivity (Wildman–Crippen MR) is 120 cm³/mol. The second kappa shape index (κ2) is 9.63. The molecule has 1 saturated heterocycles. The van der Waals surface area contributed by atoms with Crippen LogP contribution in [0.2, 0.25) is 0 Å². The number of piperazine rings is 1. The van der Waals surface area contributed by atoms with E-state index in [1.54, 1.807) is 17.0 Å². The topological polar surface area (TPSA) is 91.6 Å². The first kappa shape index (κ1) is 20.9. The van der Waals surface area contributed by atoms with Crippen LogP contribution in [0.1, 0.15) is 10.6 Å². The van der Waals surface area contributed by atoms with Crippen LogP contribution in [-0.2, 0) is 4.79 Å². The molecule has 0 saturated carbocycles. The summed E-state index contributed by atoms with van der Waals surface area (Å²) in [5.41, 5.74) is 0.773. The van der Waals surface area contributed by atoms with Gasteiger partial charge in [0.15, 0.2) is 14.8 Å². The van der Waals surface area contributed by atoms with E-state index < -0.39 is 0 Å². The quantitative estimate of drug-likeness (QED) is 0.509. The molecule has 0 radical (unpaired) electrons. The number of halogens is 1. The molecule has 156 valence electrons. The summed E-state index contributed by atoms with van der Waals surface area (Å²) < 4.78 is 6.64. The Morgan fingerprint density at radius 3 is 2.57 bits per heavy atom. The number of para-hydroxylation sites is 1. The summed E-state index contributed by atoms with van der Waals surface area (Å²) in [6, 6.07) is 12.7. The van der Waals surface area contributed by atoms with Crippen molar-refractivity contribution in [1.29, 1.82) is 0 Å². The minimum atomic E-state index is -0.113. The molecule has 0 atom stereocenters. The molecule has 3 heterocycles. The normalized spacial score (nSPS) is 14.0. The van der Waals surface area contributed by atoms with Crippen molar-refractivity contribution in [2.45, 2.75) is 4.34 Å². The van der Waals surface area contributed by atoms with Gasteiger partial charge in [-0.15, -0.1) is 10.2 Å². The fraction of sp³-hybridized carbons (Fsp3) is 0.263. The summed E-state index contributed by atoms with van der Waals surface area (Å²) in [7, 11) is 0. The van der Waals surface area contributed by atoms with Gasteiger partial charge in [-0.3, -0.25) is 9.59 Å². The van der Waals surface area contributed by atoms with E-state index in [1.807, 2.05) is 30.3 Å². The lowest BCUT2D eigenvalue weighted by Crippen LogP contribution is -2.48. The number of hydrogen-bond acceptors (Lipinski definition) is 8. The van der Waals surface area contributed by atoms with E-state index in [2.05, 4.69) is 36.3 Å². The van der Waals surface area contributed by atoms with E-state index in [9.17, 15) is 9.59 Å². The van der Waals surface area contributed by atoms with Crippen molar-refractivity contribution in [2.24, 2.45) is 0 Å². The highest BCUT2D eigenvalue weighted by atomic mass is 79.9. The molecule has 1 N–H and O–H groups in total. The van der Waals surface area contributed by atoms with E-state index in [1.165, 1.54) is 23.1 Å². The fourth-order valence-corrected chi connectivity index (χ4v) is 4.92. The van der Waals surface area contributed by atoms with Crippen LogP contribution in [-0.4, -0.2) is 58.8 Å². The zero-order valence-corrected chi connectivity index (χ0v) is 19.0. The predicted octanol–water partition coefficient (Wildman–Crippen LogP) is 3.59. The maximum absolute atomic E-state index is 12.5. The molecule has 30 heavy (non-hydrogen) atoms. The van der Waals surface area contributed by atoms with Gasteiger partial charge < -0.3 is 19.5 Å². The molecule has 8 nitrogen and oxygen atoms in total. The van der Waals surface area contributed by atoms with Crippen LogP contribution in [0.15, 0.2) is 55.9 Å². The second-order valence-corrected chi connectivity index (χ2v) is 9.40. The summed E-state index contributed by atoms with van der Waals surface area (Å²) >= 11 is 6.04. The average molecular weight is 508 g/mol. The maximum atomic E-state index is 12.5. The molecule has 2 amide bonds. The molecule has 0 unspecified atom stereocenters. The highest BCUT2D eigenvalue weighted by Gasteiger charge is 2.26. The number of carbonyl (C=O) groups excluding carboxylic acids is 2. The number of aromatic nitrogens is 2. The SMILES string of the molecule is O=C(CSc1nnc(N2CCN(C(=O)c3ccc(Br)o3)CC2)s1)Nc1ccccc1. The molecule has 1 aliphatic rings. The van der Waals surface area contributed by atoms with Gasteiger partial charge in [0, 0.05) is 31.9 Å². The van der Waals surface area contributed by atoms with E-state index in [-0.39, 0.29) is 17.6 Å². The van der Waals surface area contributed by atoms with Crippen molar-refractivity contribution in [1.82, 2.24) is 15.1 Å². The van der Waals surface area contributed by atoms with Crippen LogP contribution in [0.4, 0.5) is 10.8 Å². The zero-order valence-electron chi connectivity index (χ0n) is 15.8. The number of carbonyl (C=O) groups is 2. The third-order valence-corrected chi connectivity index (χ3v) is 6.95. The summed E-state index contributed by atoms with van der Waals surface area (Å²) in [6.07, 6.45) is 0. The molecule has 2 aromatic heterocycles. The maximum Gasteiger partial charge on any atom is 0.289 e. The van der Waals surface area contributed by atoms with Crippen LogP contribution in [0, 0.1) is 0 Å². The Hall–Kier alpha value is -2.37. The standard InChI is InChI=1S/C19H18BrN5O3S2/c20-15-7-6-14(28-15)17(27)24-8-10-25(11-9-24)18-22-23-19(30-18)29-12-16(26)21-13-4-2-1-3-5-13/h1-7H,8-12H2,(H,21,26). The Morgan fingerprint density at radius 1 is 1.10 bits per heavy atom. The molecular formula is C19H18BrN5O3S2. The number of nitrogens with one attached hydrogen (secondary N) is 1. The van der Waals surface area contributed by atoms with Gasteiger partial charge in [0.05, 0.1) is 5.75 Å². The Morgan fingerprint density at radius 2 is 1.87 bits per heavy atom. The summed E-state index contributed by atoms with van der Waals surface area (Å²) in [5.74, 6) is 0.404. The highest BCUT2D eigenvalue weighted by molar-refractivity contribution is 9.10. The number of hydrogen-bond donors (Lipinski definition) is 1. The van der Waals surface area contributed by atoms with Gasteiger partial charge in [-0.25, -0.2) is 0 Å². The first-order valence-electron chi connectivity index (χ1n) is 9.19. The number of benzene rings is 1. The smallest absolute Gasteiger partial charge is 0.289 e. The third-order valence-electron chi connectivity index (χ3n) is 4.40. The fourth-order valence-electron chi connectivity index (χ4n) is 2.92. The van der Waals surface area contributed by atoms with Crippen LogP contribution >= 0.6 is 39.0 Å². The zero-order chi connectivity index (χ0) is 20.9. The Kier molecular flexibility index (Phi) is 6.70. The molecule has 0 bridgehead atoms. The van der Waals surface area contributed by atoms with Crippen molar-refractivity contribution in [2.75, 3.05) is 42.1 Å². The molecule has 4 rings (SSSR count). The van der Waals surface area contributed by atoms with E-state index >= 15 is 0 Å². The van der Waals surface area contributed by atoms with Crippen LogP contribution in [0.5, 0.6) is 0 Å². The molecule has 0 aliphatic carbocycles. The van der Waals surface area contributed by atoms with E-state index in [0.717, 1.165) is 15.2 Å². The number of nitrogens with zero attached hydrogens (tertiary/aromatic N) is 4. The van der Waals surface area contributed by atoms with E-state index in [4.69, 9.17) is 4.42 Å². The second-order valence-electron chi connectivity index (χ2n) is 6.44. The molecule has 1 aliphatic heterocycles. The molecular weight excluding hydrogens is 490 g/mol. The van der Waals surface area contributed by atoms with Crippen molar-refractivity contribution in [3.8, 4) is 0 Å². The largest absolute Gasteiger partial charge is 0.444 e. The molecule has 1 fully saturated rings. The van der Waals surface area contributed by atoms with Gasteiger partial charge in [0.25, 0.3) is 5.91 Å². The van der Waals surface area contributed by atoms with Gasteiger partial charge in [-0.1, -0.05) is 41.3 Å². The minimum absolute atomic E-state index is 0.0837. The summed E-state index contributed by atoms with van der Waals surface area (Å²) in [6.45, 7) is 2.50. The lowest BCUT2D eigenvalue weighted by Gasteiger charge is -2.33. The minimum Gasteiger partial charge on any atom is -0.444 e. The lowest BCUT2D eigenvalue weighted by atomic mass is 10.3. The van der Waals surface area contributed by atoms with Gasteiger partial charge in [-0.05, 0) is 40.2 Å². The highest BCUT2D eigenvalue weighted by Crippen LogP contribution is 2.29. The monoisotopic (exact) mass is 507 g/mol. The van der Waals surface area contributed by atoms with Crippen molar-refractivity contribution >= 4 is 61.7 Å². The Bertz CT molecular complexity index is 1020. The summed E-state index contributed by atoms with van der Waals surface area (Å²) in [4.78, 5) is 28.4. The Balaban J connectivity index is 1.25. The van der Waals surface area contributed by atoms with Gasteiger partial charge in [0.2, 0.25) is 11.0 Å². The Labute approximate surface area is 189 Å². The summed E-state index contributed by atoms with van der Waals surface area (Å²) in [5, 5.41) is 12.1. The molecule has 0 spiro atoms. The van der Waals surface area contributed by atoms with E-state index in [0.29, 0.717) is 36.6 Å². The van der Waals surface area contributed by atoms with Crippen LogP contribution < -0.4 is 10.2 Å². The van der Waals surface area contributed by atoms with Crippen molar-refractivity contribution in [3.63, 3.8) is 0 Å². The number of amides is 2. The average Bonchev–Trinajstić information content (AvgIpc) is 3.42.